The number of benzene rings is 3. The Kier molecular flexibility index (Phi) is 5.21. The summed E-state index contributed by atoms with van der Waals surface area (Å²) < 4.78 is 35.0. The molecule has 3 aromatic rings. The third-order valence-electron chi connectivity index (χ3n) is 6.15. The molecule has 31 heavy (non-hydrogen) atoms. The van der Waals surface area contributed by atoms with Gasteiger partial charge in [0, 0.05) is 43.4 Å². The lowest BCUT2D eigenvalue weighted by Gasteiger charge is -2.57. The number of fused-ring (bicyclic) bond motifs is 2. The van der Waals surface area contributed by atoms with Crippen LogP contribution in [0.2, 0.25) is 0 Å². The maximum Gasteiger partial charge on any atom is 0.234 e. The second-order valence-corrected chi connectivity index (χ2v) is 7.15. The van der Waals surface area contributed by atoms with Crippen LogP contribution >= 0.6 is 0 Å². The van der Waals surface area contributed by atoms with Crippen molar-refractivity contribution in [3.8, 4) is 23.0 Å². The summed E-state index contributed by atoms with van der Waals surface area (Å²) in [6.07, 6.45) is 0. The first kappa shape index (κ1) is 21.2. The maximum absolute atomic E-state index is 11.0. The van der Waals surface area contributed by atoms with Crippen LogP contribution in [-0.4, -0.2) is 47.8 Å². The van der Waals surface area contributed by atoms with Crippen LogP contribution < -0.4 is 14.2 Å². The van der Waals surface area contributed by atoms with Gasteiger partial charge in [0.25, 0.3) is 0 Å². The zero-order chi connectivity index (χ0) is 22.4. The van der Waals surface area contributed by atoms with Gasteiger partial charge in [0.2, 0.25) is 5.79 Å². The molecule has 3 aromatic carbocycles. The van der Waals surface area contributed by atoms with Crippen molar-refractivity contribution in [2.24, 2.45) is 0 Å². The van der Waals surface area contributed by atoms with Crippen molar-refractivity contribution in [3.63, 3.8) is 0 Å². The summed E-state index contributed by atoms with van der Waals surface area (Å²) in [6.45, 7) is 0. The lowest BCUT2D eigenvalue weighted by Crippen LogP contribution is -2.62. The quantitative estimate of drug-likeness (QED) is 0.574. The van der Waals surface area contributed by atoms with E-state index < -0.39 is 11.4 Å². The Morgan fingerprint density at radius 1 is 0.710 bits per heavy atom. The van der Waals surface area contributed by atoms with Crippen LogP contribution in [0.15, 0.2) is 42.5 Å². The second-order valence-electron chi connectivity index (χ2n) is 7.15. The first-order valence-corrected chi connectivity index (χ1v) is 9.71. The van der Waals surface area contributed by atoms with Crippen LogP contribution in [0, 0.1) is 0 Å². The Bertz CT molecular complexity index is 1140. The molecule has 0 saturated carbocycles. The molecule has 1 atom stereocenters. The molecule has 0 fully saturated rings. The first-order chi connectivity index (χ1) is 15.0. The van der Waals surface area contributed by atoms with Gasteiger partial charge in [-0.05, 0) is 18.2 Å². The standard InChI is InChI=1S/C24H26O7/c1-26-18-11-7-9-14-20(18)17(25)13-16(22(14)28-3)23(29-4)21-15(24(23,30-5)31-6)10-8-12-19(21)27-2/h7-13,25H,1-6H3. The van der Waals surface area contributed by atoms with Crippen LogP contribution in [0.1, 0.15) is 16.7 Å². The Hall–Kier alpha value is -3.00. The summed E-state index contributed by atoms with van der Waals surface area (Å²) in [7, 11) is 9.39. The minimum Gasteiger partial charge on any atom is -0.507 e. The zero-order valence-corrected chi connectivity index (χ0v) is 18.4. The highest BCUT2D eigenvalue weighted by Crippen LogP contribution is 2.66. The molecule has 0 radical (unpaired) electrons. The third-order valence-corrected chi connectivity index (χ3v) is 6.15. The van der Waals surface area contributed by atoms with Crippen molar-refractivity contribution >= 4 is 10.8 Å². The monoisotopic (exact) mass is 426 g/mol. The van der Waals surface area contributed by atoms with E-state index in [-0.39, 0.29) is 5.75 Å². The average molecular weight is 426 g/mol. The molecule has 4 rings (SSSR count). The van der Waals surface area contributed by atoms with E-state index in [4.69, 9.17) is 28.4 Å². The molecule has 0 bridgehead atoms. The lowest BCUT2D eigenvalue weighted by atomic mass is 9.62. The Morgan fingerprint density at radius 2 is 1.35 bits per heavy atom. The predicted molar refractivity (Wildman–Crippen MR) is 115 cm³/mol. The second kappa shape index (κ2) is 7.60. The van der Waals surface area contributed by atoms with E-state index in [1.807, 2.05) is 30.3 Å². The molecule has 1 unspecified atom stereocenters. The SMILES string of the molecule is COc1cccc2c1C(OC)(c1cc(O)c3c(OC)cccc3c1OC)C2(OC)OC. The molecule has 7 nitrogen and oxygen atoms in total. The maximum atomic E-state index is 11.0. The summed E-state index contributed by atoms with van der Waals surface area (Å²) in [5, 5.41) is 12.3. The number of methoxy groups -OCH3 is 6. The van der Waals surface area contributed by atoms with Gasteiger partial charge in [-0.25, -0.2) is 0 Å². The molecule has 0 saturated heterocycles. The molecule has 0 aromatic heterocycles. The predicted octanol–water partition coefficient (Wildman–Crippen LogP) is 3.92. The molecule has 0 heterocycles. The Labute approximate surface area is 181 Å². The minimum absolute atomic E-state index is 0.0177. The normalized spacial score (nSPS) is 18.9. The summed E-state index contributed by atoms with van der Waals surface area (Å²) >= 11 is 0. The highest BCUT2D eigenvalue weighted by atomic mass is 16.7. The smallest absolute Gasteiger partial charge is 0.234 e. The number of ether oxygens (including phenoxy) is 6. The number of rotatable bonds is 7. The Balaban J connectivity index is 2.17. The van der Waals surface area contributed by atoms with Crippen LogP contribution in [0.3, 0.4) is 0 Å². The molecule has 1 aliphatic rings. The lowest BCUT2D eigenvalue weighted by molar-refractivity contribution is -0.334. The fraction of sp³-hybridized carbons (Fsp3) is 0.333. The van der Waals surface area contributed by atoms with Gasteiger partial charge in [0.15, 0.2) is 5.60 Å². The van der Waals surface area contributed by atoms with Gasteiger partial charge >= 0.3 is 0 Å². The topological polar surface area (TPSA) is 75.6 Å². The molecule has 0 aliphatic heterocycles. The molecule has 1 aliphatic carbocycles. The van der Waals surface area contributed by atoms with Crippen molar-refractivity contribution in [3.05, 3.63) is 59.2 Å². The highest BCUT2D eigenvalue weighted by molar-refractivity contribution is 5.99. The number of aromatic hydroxyl groups is 1. The van der Waals surface area contributed by atoms with Gasteiger partial charge in [-0.15, -0.1) is 0 Å². The molecule has 1 N–H and O–H groups in total. The minimum atomic E-state index is -1.29. The first-order valence-electron chi connectivity index (χ1n) is 9.71. The number of hydrogen-bond acceptors (Lipinski definition) is 7. The van der Waals surface area contributed by atoms with Crippen molar-refractivity contribution in [2.45, 2.75) is 11.4 Å². The number of hydrogen-bond donors (Lipinski definition) is 1. The summed E-state index contributed by atoms with van der Waals surface area (Å²) in [6, 6.07) is 12.7. The fourth-order valence-corrected chi connectivity index (χ4v) is 4.94. The fourth-order valence-electron chi connectivity index (χ4n) is 4.94. The van der Waals surface area contributed by atoms with Crippen LogP contribution in [-0.2, 0) is 25.6 Å². The summed E-state index contributed by atoms with van der Waals surface area (Å²) in [4.78, 5) is 0. The number of phenolic OH excluding ortho intramolecular Hbond substituents is 1. The van der Waals surface area contributed by atoms with E-state index >= 15 is 0 Å². The summed E-state index contributed by atoms with van der Waals surface area (Å²) in [5.41, 5.74) is 0.768. The molecule has 7 heteroatoms. The van der Waals surface area contributed by atoms with Gasteiger partial charge in [-0.1, -0.05) is 24.3 Å². The van der Waals surface area contributed by atoms with E-state index in [2.05, 4.69) is 0 Å². The van der Waals surface area contributed by atoms with Crippen LogP contribution in [0.25, 0.3) is 10.8 Å². The molecular formula is C24H26O7. The largest absolute Gasteiger partial charge is 0.507 e. The van der Waals surface area contributed by atoms with Crippen molar-refractivity contribution in [2.75, 3.05) is 42.7 Å². The molecule has 164 valence electrons. The zero-order valence-electron chi connectivity index (χ0n) is 18.4. The van der Waals surface area contributed by atoms with E-state index in [1.165, 1.54) is 0 Å². The molecular weight excluding hydrogens is 400 g/mol. The average Bonchev–Trinajstić information content (AvgIpc) is 2.80. The Morgan fingerprint density at radius 3 is 1.94 bits per heavy atom. The third kappa shape index (κ3) is 2.45. The van der Waals surface area contributed by atoms with E-state index in [0.717, 1.165) is 11.1 Å². The molecule has 0 spiro atoms. The van der Waals surface area contributed by atoms with Crippen LogP contribution in [0.4, 0.5) is 0 Å². The van der Waals surface area contributed by atoms with Crippen molar-refractivity contribution in [1.82, 2.24) is 0 Å². The van der Waals surface area contributed by atoms with Gasteiger partial charge < -0.3 is 33.5 Å². The van der Waals surface area contributed by atoms with Gasteiger partial charge in [-0.3, -0.25) is 0 Å². The van der Waals surface area contributed by atoms with E-state index in [9.17, 15) is 5.11 Å². The van der Waals surface area contributed by atoms with Gasteiger partial charge in [-0.2, -0.15) is 0 Å². The number of phenols is 1. The molecule has 0 amide bonds. The van der Waals surface area contributed by atoms with E-state index in [1.54, 1.807) is 54.8 Å². The van der Waals surface area contributed by atoms with Gasteiger partial charge in [0.05, 0.1) is 26.7 Å². The van der Waals surface area contributed by atoms with Crippen molar-refractivity contribution in [1.29, 1.82) is 0 Å². The highest BCUT2D eigenvalue weighted by Gasteiger charge is 2.70. The van der Waals surface area contributed by atoms with Crippen molar-refractivity contribution < 1.29 is 33.5 Å². The van der Waals surface area contributed by atoms with Crippen LogP contribution in [0.5, 0.6) is 23.0 Å². The summed E-state index contributed by atoms with van der Waals surface area (Å²) in [5.74, 6) is 0.365. The van der Waals surface area contributed by atoms with E-state index in [0.29, 0.717) is 33.6 Å². The van der Waals surface area contributed by atoms with Gasteiger partial charge in [0.1, 0.15) is 23.0 Å².